The van der Waals surface area contributed by atoms with E-state index >= 15 is 0 Å². The van der Waals surface area contributed by atoms with Gasteiger partial charge in [0.05, 0.1) is 5.56 Å². The van der Waals surface area contributed by atoms with Crippen molar-refractivity contribution in [2.45, 2.75) is 88.6 Å². The largest absolute Gasteiger partial charge is 0.478 e. The summed E-state index contributed by atoms with van der Waals surface area (Å²) >= 11 is 0. The maximum absolute atomic E-state index is 13.9. The summed E-state index contributed by atoms with van der Waals surface area (Å²) in [5, 5.41) is 34.2. The SMILES string of the molecule is CCCCN1C(=O)C(C(O)(O)C2CCCCC2)NC(=O)C12CCN(Cc1ccc(Oc3ccc(C(=O)O)cc3)cc1)CC2.Cl. The fourth-order valence-corrected chi connectivity index (χ4v) is 6.81. The van der Waals surface area contributed by atoms with Crippen molar-refractivity contribution in [2.75, 3.05) is 19.6 Å². The van der Waals surface area contributed by atoms with Gasteiger partial charge >= 0.3 is 5.97 Å². The number of aliphatic hydroxyl groups is 2. The number of piperazine rings is 1. The standard InChI is InChI=1S/C33H43N3O7.ClH/c1-2-3-19-36-29(37)28(33(41,42)25-7-5-4-6-8-25)34-31(40)32(36)17-20-35(21-18-32)22-23-9-13-26(14-10-23)43-27-15-11-24(12-16-27)30(38)39;/h9-16,25,28,41-42H,2-8,17-22H2,1H3,(H,34,40)(H,38,39);1H. The van der Waals surface area contributed by atoms with Crippen molar-refractivity contribution in [3.05, 3.63) is 59.7 Å². The van der Waals surface area contributed by atoms with Crippen molar-refractivity contribution in [2.24, 2.45) is 5.92 Å². The van der Waals surface area contributed by atoms with Crippen LogP contribution in [0.5, 0.6) is 11.5 Å². The zero-order valence-corrected chi connectivity index (χ0v) is 26.1. The number of halogens is 1. The molecular weight excluding hydrogens is 586 g/mol. The highest BCUT2D eigenvalue weighted by Crippen LogP contribution is 2.39. The quantitative estimate of drug-likeness (QED) is 0.285. The lowest BCUT2D eigenvalue weighted by atomic mass is 9.76. The molecule has 2 amide bonds. The van der Waals surface area contributed by atoms with Gasteiger partial charge in [-0.25, -0.2) is 4.79 Å². The van der Waals surface area contributed by atoms with Crippen molar-refractivity contribution in [1.29, 1.82) is 0 Å². The third-order valence-corrected chi connectivity index (χ3v) is 9.44. The molecule has 2 saturated heterocycles. The molecule has 0 aromatic heterocycles. The highest BCUT2D eigenvalue weighted by atomic mass is 35.5. The van der Waals surface area contributed by atoms with Crippen LogP contribution in [0.25, 0.3) is 0 Å². The molecule has 0 bridgehead atoms. The van der Waals surface area contributed by atoms with Gasteiger partial charge in [-0.1, -0.05) is 44.7 Å². The molecule has 3 fully saturated rings. The zero-order chi connectivity index (χ0) is 30.6. The average Bonchev–Trinajstić information content (AvgIpc) is 3.01. The summed E-state index contributed by atoms with van der Waals surface area (Å²) in [6.07, 6.45) is 6.63. The number of hydrogen-bond donors (Lipinski definition) is 4. The Balaban J connectivity index is 0.00000442. The lowest BCUT2D eigenvalue weighted by Crippen LogP contribution is -2.77. The predicted octanol–water partition coefficient (Wildman–Crippen LogP) is 4.32. The molecule has 10 nitrogen and oxygen atoms in total. The summed E-state index contributed by atoms with van der Waals surface area (Å²) < 4.78 is 5.85. The normalized spacial score (nSPS) is 21.1. The molecule has 4 N–H and O–H groups in total. The van der Waals surface area contributed by atoms with E-state index in [1.54, 1.807) is 17.0 Å². The van der Waals surface area contributed by atoms with Gasteiger partial charge in [0.25, 0.3) is 5.91 Å². The molecule has 2 heterocycles. The molecule has 1 spiro atoms. The van der Waals surface area contributed by atoms with Crippen LogP contribution in [0.4, 0.5) is 0 Å². The number of unbranched alkanes of at least 4 members (excludes halogenated alkanes) is 1. The average molecular weight is 630 g/mol. The van der Waals surface area contributed by atoms with Gasteiger partial charge in [0, 0.05) is 32.1 Å². The fraction of sp³-hybridized carbons (Fsp3) is 0.545. The van der Waals surface area contributed by atoms with E-state index in [0.29, 0.717) is 63.4 Å². The van der Waals surface area contributed by atoms with Gasteiger partial charge < -0.3 is 30.3 Å². The zero-order valence-electron chi connectivity index (χ0n) is 25.2. The molecule has 44 heavy (non-hydrogen) atoms. The number of amides is 2. The topological polar surface area (TPSA) is 140 Å². The third kappa shape index (κ3) is 7.04. The Morgan fingerprint density at radius 1 is 0.977 bits per heavy atom. The van der Waals surface area contributed by atoms with Crippen LogP contribution in [-0.4, -0.2) is 79.9 Å². The van der Waals surface area contributed by atoms with Gasteiger partial charge in [-0.15, -0.1) is 12.4 Å². The van der Waals surface area contributed by atoms with Gasteiger partial charge in [-0.2, -0.15) is 0 Å². The molecule has 2 aliphatic heterocycles. The van der Waals surface area contributed by atoms with Gasteiger partial charge in [0.2, 0.25) is 5.91 Å². The Morgan fingerprint density at radius 2 is 1.57 bits per heavy atom. The van der Waals surface area contributed by atoms with Crippen molar-refractivity contribution in [3.63, 3.8) is 0 Å². The third-order valence-electron chi connectivity index (χ3n) is 9.44. The van der Waals surface area contributed by atoms with Crippen molar-refractivity contribution < 1.29 is 34.4 Å². The molecule has 2 aromatic carbocycles. The highest BCUT2D eigenvalue weighted by molar-refractivity contribution is 6.00. The Labute approximate surface area is 264 Å². The molecular formula is C33H44ClN3O7. The number of carboxylic acid groups (broad SMARTS) is 1. The Morgan fingerprint density at radius 3 is 2.14 bits per heavy atom. The van der Waals surface area contributed by atoms with E-state index in [0.717, 1.165) is 37.7 Å². The van der Waals surface area contributed by atoms with E-state index in [4.69, 9.17) is 9.84 Å². The Bertz CT molecular complexity index is 1290. The van der Waals surface area contributed by atoms with Crippen LogP contribution in [-0.2, 0) is 16.1 Å². The van der Waals surface area contributed by atoms with Crippen molar-refractivity contribution in [3.8, 4) is 11.5 Å². The summed E-state index contributed by atoms with van der Waals surface area (Å²) in [6, 6.07) is 12.6. The van der Waals surface area contributed by atoms with Crippen LogP contribution in [0.1, 0.15) is 80.6 Å². The first-order chi connectivity index (χ1) is 20.6. The number of nitrogens with zero attached hydrogens (tertiary/aromatic N) is 2. The van der Waals surface area contributed by atoms with E-state index in [1.807, 2.05) is 31.2 Å². The lowest BCUT2D eigenvalue weighted by molar-refractivity contribution is -0.235. The number of carboxylic acids is 1. The number of aromatic carboxylic acids is 1. The highest BCUT2D eigenvalue weighted by Gasteiger charge is 2.59. The summed E-state index contributed by atoms with van der Waals surface area (Å²) in [4.78, 5) is 42.6. The van der Waals surface area contributed by atoms with Crippen molar-refractivity contribution in [1.82, 2.24) is 15.1 Å². The van der Waals surface area contributed by atoms with Crippen LogP contribution in [0.15, 0.2) is 48.5 Å². The Kier molecular flexibility index (Phi) is 10.9. The molecule has 1 saturated carbocycles. The summed E-state index contributed by atoms with van der Waals surface area (Å²) in [7, 11) is 0. The number of benzene rings is 2. The van der Waals surface area contributed by atoms with E-state index in [9.17, 15) is 24.6 Å². The second-order valence-electron chi connectivity index (χ2n) is 12.3. The molecule has 1 atom stereocenters. The van der Waals surface area contributed by atoms with Crippen LogP contribution < -0.4 is 10.1 Å². The summed E-state index contributed by atoms with van der Waals surface area (Å²) in [6.45, 7) is 4.37. The monoisotopic (exact) mass is 629 g/mol. The Hall–Kier alpha value is -3.18. The van der Waals surface area contributed by atoms with E-state index in [1.165, 1.54) is 12.1 Å². The number of likely N-dealkylation sites (tertiary alicyclic amines) is 1. The molecule has 1 aliphatic carbocycles. The second-order valence-corrected chi connectivity index (χ2v) is 12.3. The molecule has 11 heteroatoms. The van der Waals surface area contributed by atoms with Crippen LogP contribution in [0.2, 0.25) is 0 Å². The summed E-state index contributed by atoms with van der Waals surface area (Å²) in [5.41, 5.74) is 0.286. The van der Waals surface area contributed by atoms with Crippen LogP contribution in [0.3, 0.4) is 0 Å². The summed E-state index contributed by atoms with van der Waals surface area (Å²) in [5.74, 6) is -3.17. The van der Waals surface area contributed by atoms with Gasteiger partial charge in [-0.3, -0.25) is 14.5 Å². The van der Waals surface area contributed by atoms with E-state index in [-0.39, 0.29) is 29.8 Å². The van der Waals surface area contributed by atoms with Crippen molar-refractivity contribution >= 4 is 30.2 Å². The predicted molar refractivity (Wildman–Crippen MR) is 167 cm³/mol. The van der Waals surface area contributed by atoms with Gasteiger partial charge in [0.15, 0.2) is 11.8 Å². The minimum atomic E-state index is -2.27. The first-order valence-electron chi connectivity index (χ1n) is 15.5. The minimum Gasteiger partial charge on any atom is -0.478 e. The van der Waals surface area contributed by atoms with Crippen LogP contribution in [0, 0.1) is 5.92 Å². The fourth-order valence-electron chi connectivity index (χ4n) is 6.81. The second kappa shape index (κ2) is 14.3. The smallest absolute Gasteiger partial charge is 0.335 e. The number of hydrogen-bond acceptors (Lipinski definition) is 7. The lowest BCUT2D eigenvalue weighted by Gasteiger charge is -2.54. The molecule has 0 radical (unpaired) electrons. The maximum atomic E-state index is 13.9. The maximum Gasteiger partial charge on any atom is 0.335 e. The number of rotatable bonds is 10. The van der Waals surface area contributed by atoms with E-state index in [2.05, 4.69) is 10.2 Å². The number of piperidine rings is 1. The van der Waals surface area contributed by atoms with Crippen LogP contribution >= 0.6 is 12.4 Å². The molecule has 2 aromatic rings. The molecule has 3 aliphatic rings. The number of ether oxygens (including phenoxy) is 1. The molecule has 240 valence electrons. The molecule has 1 unspecified atom stereocenters. The van der Waals surface area contributed by atoms with Gasteiger partial charge in [0.1, 0.15) is 17.0 Å². The molecule has 5 rings (SSSR count). The minimum absolute atomic E-state index is 0. The number of carbonyl (C=O) groups excluding carboxylic acids is 2. The first kappa shape index (κ1) is 33.7. The number of nitrogens with one attached hydrogen (secondary N) is 1. The van der Waals surface area contributed by atoms with Gasteiger partial charge in [-0.05, 0) is 74.1 Å². The number of carbonyl (C=O) groups is 3. The van der Waals surface area contributed by atoms with E-state index < -0.39 is 29.3 Å². The first-order valence-corrected chi connectivity index (χ1v) is 15.5.